The van der Waals surface area contributed by atoms with E-state index in [0.717, 1.165) is 0 Å². The zero-order valence-electron chi connectivity index (χ0n) is 21.0. The van der Waals surface area contributed by atoms with Gasteiger partial charge in [-0.15, -0.1) is 0 Å². The molecule has 5 atom stereocenters. The average Bonchev–Trinajstić information content (AvgIpc) is 2.80. The molecule has 0 aliphatic rings. The fourth-order valence-electron chi connectivity index (χ4n) is 3.00. The molecule has 0 radical (unpaired) electrons. The number of thioether (sulfide) groups is 1. The summed E-state index contributed by atoms with van der Waals surface area (Å²) < 4.78 is 0. The van der Waals surface area contributed by atoms with E-state index in [1.165, 1.54) is 11.8 Å². The molecule has 5 unspecified atom stereocenters. The van der Waals surface area contributed by atoms with Gasteiger partial charge < -0.3 is 44.0 Å². The SMILES string of the molecule is CCC(C)C(N)C(=O)NC(CCCN=C(N)N)C(=O)NC(CC(N)=O)C(=O)NC(CCSC)C(=O)O. The van der Waals surface area contributed by atoms with E-state index in [0.29, 0.717) is 18.6 Å². The van der Waals surface area contributed by atoms with Gasteiger partial charge in [0.05, 0.1) is 12.5 Å². The van der Waals surface area contributed by atoms with E-state index < -0.39 is 60.2 Å². The van der Waals surface area contributed by atoms with Crippen molar-refractivity contribution in [1.82, 2.24) is 16.0 Å². The summed E-state index contributed by atoms with van der Waals surface area (Å²) in [6, 6.07) is -4.68. The molecule has 0 aliphatic heterocycles. The van der Waals surface area contributed by atoms with Gasteiger partial charge in [0.25, 0.3) is 0 Å². The van der Waals surface area contributed by atoms with Gasteiger partial charge >= 0.3 is 5.97 Å². The van der Waals surface area contributed by atoms with Crippen molar-refractivity contribution in [2.45, 2.75) is 70.1 Å². The molecule has 0 aliphatic carbocycles. The minimum atomic E-state index is -1.45. The molecule has 0 aromatic carbocycles. The van der Waals surface area contributed by atoms with Crippen LogP contribution < -0.4 is 38.9 Å². The van der Waals surface area contributed by atoms with Crippen LogP contribution in [0.1, 0.15) is 46.0 Å². The van der Waals surface area contributed by atoms with Gasteiger partial charge in [-0.3, -0.25) is 24.2 Å². The van der Waals surface area contributed by atoms with Crippen LogP contribution in [0.2, 0.25) is 0 Å². The zero-order valence-corrected chi connectivity index (χ0v) is 21.8. The first kappa shape index (κ1) is 32.9. The lowest BCUT2D eigenvalue weighted by molar-refractivity contribution is -0.142. The average molecular weight is 533 g/mol. The standard InChI is InChI=1S/C21H40N8O6S/c1-4-11(2)16(23)19(33)27-12(6-5-8-26-21(24)25)17(31)29-14(10-15(22)30)18(32)28-13(20(34)35)7-9-36-3/h11-14,16H,4-10,23H2,1-3H3,(H2,22,30)(H,27,33)(H,28,32)(H,29,31)(H,34,35)(H4,24,25,26). The van der Waals surface area contributed by atoms with Gasteiger partial charge in [-0.25, -0.2) is 4.79 Å². The topological polar surface area (TPSA) is 258 Å². The Bertz CT molecular complexity index is 792. The third-order valence-electron chi connectivity index (χ3n) is 5.40. The van der Waals surface area contributed by atoms with Crippen LogP contribution in [0.4, 0.5) is 0 Å². The third-order valence-corrected chi connectivity index (χ3v) is 6.05. The second-order valence-corrected chi connectivity index (χ2v) is 9.32. The van der Waals surface area contributed by atoms with Crippen molar-refractivity contribution in [2.75, 3.05) is 18.6 Å². The number of hydrogen-bond acceptors (Lipinski definition) is 8. The van der Waals surface area contributed by atoms with Crippen LogP contribution in [0.5, 0.6) is 0 Å². The molecule has 0 heterocycles. The molecule has 0 saturated carbocycles. The number of aliphatic carboxylic acids is 1. The molecule has 206 valence electrons. The number of nitrogens with zero attached hydrogens (tertiary/aromatic N) is 1. The Kier molecular flexibility index (Phi) is 15.9. The molecule has 0 fully saturated rings. The van der Waals surface area contributed by atoms with E-state index in [4.69, 9.17) is 22.9 Å². The lowest BCUT2D eigenvalue weighted by Gasteiger charge is -2.25. The van der Waals surface area contributed by atoms with Crippen LogP contribution in [0.15, 0.2) is 4.99 Å². The summed E-state index contributed by atoms with van der Waals surface area (Å²) in [6.07, 6.45) is 2.38. The van der Waals surface area contributed by atoms with Crippen LogP contribution in [0, 0.1) is 5.92 Å². The van der Waals surface area contributed by atoms with Gasteiger partial charge in [0, 0.05) is 6.54 Å². The van der Waals surface area contributed by atoms with E-state index in [1.807, 2.05) is 6.92 Å². The number of guanidine groups is 1. The lowest BCUT2D eigenvalue weighted by atomic mass is 9.98. The molecule has 36 heavy (non-hydrogen) atoms. The molecule has 0 spiro atoms. The third kappa shape index (κ3) is 13.1. The number of nitrogens with two attached hydrogens (primary N) is 4. The summed E-state index contributed by atoms with van der Waals surface area (Å²) in [4.78, 5) is 65.3. The van der Waals surface area contributed by atoms with Crippen LogP contribution in [-0.2, 0) is 24.0 Å². The second kappa shape index (κ2) is 17.4. The molecule has 0 aromatic rings. The number of rotatable bonds is 18. The number of hydrogen-bond donors (Lipinski definition) is 8. The molecule has 15 heteroatoms. The van der Waals surface area contributed by atoms with Gasteiger partial charge in [-0.2, -0.15) is 11.8 Å². The number of nitrogens with one attached hydrogen (secondary N) is 3. The fourth-order valence-corrected chi connectivity index (χ4v) is 3.47. The van der Waals surface area contributed by atoms with Gasteiger partial charge in [0.15, 0.2) is 5.96 Å². The first-order valence-electron chi connectivity index (χ1n) is 11.6. The summed E-state index contributed by atoms with van der Waals surface area (Å²) in [7, 11) is 0. The minimum absolute atomic E-state index is 0.0952. The number of primary amides is 1. The van der Waals surface area contributed by atoms with Gasteiger partial charge in [0.1, 0.15) is 18.1 Å². The molecule has 0 bridgehead atoms. The molecule has 0 saturated heterocycles. The predicted octanol–water partition coefficient (Wildman–Crippen LogP) is -2.42. The van der Waals surface area contributed by atoms with E-state index in [-0.39, 0.29) is 31.3 Å². The highest BCUT2D eigenvalue weighted by Gasteiger charge is 2.31. The molecular weight excluding hydrogens is 492 g/mol. The van der Waals surface area contributed by atoms with Crippen LogP contribution in [-0.4, -0.2) is 83.4 Å². The van der Waals surface area contributed by atoms with Crippen molar-refractivity contribution in [2.24, 2.45) is 33.8 Å². The molecule has 0 aromatic heterocycles. The highest BCUT2D eigenvalue weighted by molar-refractivity contribution is 7.98. The Morgan fingerprint density at radius 1 is 0.917 bits per heavy atom. The minimum Gasteiger partial charge on any atom is -0.480 e. The second-order valence-electron chi connectivity index (χ2n) is 8.33. The normalized spacial score (nSPS) is 14.9. The molecule has 0 rings (SSSR count). The van der Waals surface area contributed by atoms with Crippen LogP contribution in [0.3, 0.4) is 0 Å². The Hall–Kier alpha value is -3.07. The molecule has 12 N–H and O–H groups in total. The molecule has 14 nitrogen and oxygen atoms in total. The van der Waals surface area contributed by atoms with E-state index in [1.54, 1.807) is 13.2 Å². The van der Waals surface area contributed by atoms with Gasteiger partial charge in [0.2, 0.25) is 23.6 Å². The first-order chi connectivity index (χ1) is 16.8. The highest BCUT2D eigenvalue weighted by atomic mass is 32.2. The Morgan fingerprint density at radius 2 is 1.47 bits per heavy atom. The number of carboxylic acids is 1. The maximum atomic E-state index is 13.1. The molecular formula is C21H40N8O6S. The van der Waals surface area contributed by atoms with Crippen molar-refractivity contribution in [1.29, 1.82) is 0 Å². The van der Waals surface area contributed by atoms with Crippen molar-refractivity contribution in [3.63, 3.8) is 0 Å². The van der Waals surface area contributed by atoms with Crippen LogP contribution >= 0.6 is 11.8 Å². The lowest BCUT2D eigenvalue weighted by Crippen LogP contribution is -2.58. The summed E-state index contributed by atoms with van der Waals surface area (Å²) in [5.41, 5.74) is 21.8. The predicted molar refractivity (Wildman–Crippen MR) is 138 cm³/mol. The summed E-state index contributed by atoms with van der Waals surface area (Å²) >= 11 is 1.40. The van der Waals surface area contributed by atoms with Crippen molar-refractivity contribution in [3.8, 4) is 0 Å². The highest BCUT2D eigenvalue weighted by Crippen LogP contribution is 2.08. The Morgan fingerprint density at radius 3 is 1.97 bits per heavy atom. The summed E-state index contributed by atoms with van der Waals surface area (Å²) in [6.45, 7) is 3.84. The Labute approximate surface area is 215 Å². The maximum absolute atomic E-state index is 13.1. The summed E-state index contributed by atoms with van der Waals surface area (Å²) in [5, 5.41) is 16.7. The Balaban J connectivity index is 5.63. The van der Waals surface area contributed by atoms with E-state index >= 15 is 0 Å². The zero-order chi connectivity index (χ0) is 27.8. The van der Waals surface area contributed by atoms with Gasteiger partial charge in [-0.05, 0) is 37.2 Å². The summed E-state index contributed by atoms with van der Waals surface area (Å²) in [5.74, 6) is -4.21. The van der Waals surface area contributed by atoms with Gasteiger partial charge in [-0.1, -0.05) is 20.3 Å². The number of carbonyl (C=O) groups excluding carboxylic acids is 4. The number of amides is 4. The van der Waals surface area contributed by atoms with Crippen LogP contribution in [0.25, 0.3) is 0 Å². The van der Waals surface area contributed by atoms with E-state index in [9.17, 15) is 29.1 Å². The maximum Gasteiger partial charge on any atom is 0.326 e. The largest absolute Gasteiger partial charge is 0.480 e. The molecule has 4 amide bonds. The van der Waals surface area contributed by atoms with Crippen molar-refractivity contribution >= 4 is 47.3 Å². The monoisotopic (exact) mass is 532 g/mol. The number of carboxylic acid groups (broad SMARTS) is 1. The van der Waals surface area contributed by atoms with E-state index in [2.05, 4.69) is 20.9 Å². The number of carbonyl (C=O) groups is 5. The first-order valence-corrected chi connectivity index (χ1v) is 12.9. The number of aliphatic imine (C=N–C) groups is 1. The fraction of sp³-hybridized carbons (Fsp3) is 0.714. The smallest absolute Gasteiger partial charge is 0.326 e. The van der Waals surface area contributed by atoms with Crippen molar-refractivity contribution in [3.05, 3.63) is 0 Å². The van der Waals surface area contributed by atoms with Crippen molar-refractivity contribution < 1.29 is 29.1 Å². The quantitative estimate of drug-likeness (QED) is 0.0526.